The van der Waals surface area contributed by atoms with E-state index in [4.69, 9.17) is 0 Å². The van der Waals surface area contributed by atoms with Gasteiger partial charge in [0.25, 0.3) is 0 Å². The van der Waals surface area contributed by atoms with E-state index in [1.807, 2.05) is 68.4 Å². The summed E-state index contributed by atoms with van der Waals surface area (Å²) in [6.45, 7) is 4.21. The first-order valence-corrected chi connectivity index (χ1v) is 10.4. The van der Waals surface area contributed by atoms with Crippen molar-refractivity contribution in [2.45, 2.75) is 24.8 Å². The summed E-state index contributed by atoms with van der Waals surface area (Å²) >= 11 is 0. The largest absolute Gasteiger partial charge is 0.377 e. The van der Waals surface area contributed by atoms with Gasteiger partial charge >= 0.3 is 0 Å². The molecule has 0 aromatic heterocycles. The number of sulfonamides is 1. The minimum absolute atomic E-state index is 0.187. The van der Waals surface area contributed by atoms with E-state index >= 15 is 0 Å². The van der Waals surface area contributed by atoms with E-state index in [1.165, 1.54) is 0 Å². The van der Waals surface area contributed by atoms with Crippen LogP contribution in [0, 0.1) is 13.8 Å². The Morgan fingerprint density at radius 1 is 0.815 bits per heavy atom. The quantitative estimate of drug-likeness (QED) is 0.637. The lowest BCUT2D eigenvalue weighted by atomic mass is 10.1. The van der Waals surface area contributed by atoms with Crippen LogP contribution in [0.15, 0.2) is 83.8 Å². The Balaban J connectivity index is 1.80. The summed E-state index contributed by atoms with van der Waals surface area (Å²) in [5.74, 6) is 0. The van der Waals surface area contributed by atoms with Crippen molar-refractivity contribution in [1.29, 1.82) is 0 Å². The molecule has 0 spiro atoms. The fourth-order valence-corrected chi connectivity index (χ4v) is 3.91. The minimum atomic E-state index is -3.57. The molecule has 27 heavy (non-hydrogen) atoms. The number of hydrogen-bond donors (Lipinski definition) is 2. The number of benzene rings is 3. The van der Waals surface area contributed by atoms with Gasteiger partial charge in [0.05, 0.1) is 10.9 Å². The van der Waals surface area contributed by atoms with Gasteiger partial charge in [0, 0.05) is 12.2 Å². The summed E-state index contributed by atoms with van der Waals surface area (Å²) < 4.78 is 28.0. The Morgan fingerprint density at radius 3 is 2.19 bits per heavy atom. The van der Waals surface area contributed by atoms with Crippen LogP contribution >= 0.6 is 0 Å². The van der Waals surface area contributed by atoms with Crippen molar-refractivity contribution in [1.82, 2.24) is 4.72 Å². The van der Waals surface area contributed by atoms with Crippen molar-refractivity contribution in [3.05, 3.63) is 95.6 Å². The average Bonchev–Trinajstić information content (AvgIpc) is 2.66. The standard InChI is InChI=1S/C22H24N2O2S/c1-17-11-13-21(14-12-17)27(25,26)23-16-22(19-8-4-3-5-9-19)24-20-10-6-7-18(2)15-20/h3-15,22-24H,16H2,1-2H3/t22-/m0/s1. The Morgan fingerprint density at radius 2 is 1.52 bits per heavy atom. The van der Waals surface area contributed by atoms with Gasteiger partial charge in [0.1, 0.15) is 0 Å². The number of anilines is 1. The Labute approximate surface area is 161 Å². The van der Waals surface area contributed by atoms with Crippen LogP contribution in [0.5, 0.6) is 0 Å². The van der Waals surface area contributed by atoms with E-state index < -0.39 is 10.0 Å². The highest BCUT2D eigenvalue weighted by atomic mass is 32.2. The summed E-state index contributed by atoms with van der Waals surface area (Å²) in [6, 6.07) is 24.6. The molecule has 5 heteroatoms. The third kappa shape index (κ3) is 5.18. The molecule has 0 amide bonds. The Bertz CT molecular complexity index is 984. The normalized spacial score (nSPS) is 12.5. The third-order valence-electron chi connectivity index (χ3n) is 4.37. The Kier molecular flexibility index (Phi) is 5.94. The van der Waals surface area contributed by atoms with Crippen LogP contribution in [-0.2, 0) is 10.0 Å². The predicted molar refractivity (Wildman–Crippen MR) is 110 cm³/mol. The summed E-state index contributed by atoms with van der Waals surface area (Å²) in [5.41, 5.74) is 4.15. The summed E-state index contributed by atoms with van der Waals surface area (Å²) in [4.78, 5) is 0.274. The molecule has 0 radical (unpaired) electrons. The van der Waals surface area contributed by atoms with E-state index in [-0.39, 0.29) is 17.5 Å². The molecule has 1 atom stereocenters. The fourth-order valence-electron chi connectivity index (χ4n) is 2.87. The zero-order chi connectivity index (χ0) is 19.3. The van der Waals surface area contributed by atoms with Crippen molar-refractivity contribution in [3.63, 3.8) is 0 Å². The van der Waals surface area contributed by atoms with Crippen LogP contribution in [-0.4, -0.2) is 15.0 Å². The molecule has 0 saturated carbocycles. The SMILES string of the molecule is Cc1ccc(S(=O)(=O)NC[C@H](Nc2cccc(C)c2)c2ccccc2)cc1. The zero-order valence-electron chi connectivity index (χ0n) is 15.5. The highest BCUT2D eigenvalue weighted by Gasteiger charge is 2.18. The molecule has 0 aliphatic heterocycles. The molecule has 0 unspecified atom stereocenters. The van der Waals surface area contributed by atoms with Crippen LogP contribution in [0.1, 0.15) is 22.7 Å². The van der Waals surface area contributed by atoms with E-state index in [0.717, 1.165) is 22.4 Å². The molecule has 0 fully saturated rings. The lowest BCUT2D eigenvalue weighted by Crippen LogP contribution is -2.31. The molecule has 3 aromatic carbocycles. The second-order valence-electron chi connectivity index (χ2n) is 6.64. The molecule has 3 rings (SSSR count). The fraction of sp³-hybridized carbons (Fsp3) is 0.182. The van der Waals surface area contributed by atoms with Gasteiger partial charge in [-0.25, -0.2) is 13.1 Å². The van der Waals surface area contributed by atoms with Gasteiger partial charge in [-0.1, -0.05) is 60.2 Å². The maximum Gasteiger partial charge on any atom is 0.240 e. The minimum Gasteiger partial charge on any atom is -0.377 e. The number of aryl methyl sites for hydroxylation is 2. The predicted octanol–water partition coefficient (Wildman–Crippen LogP) is 4.44. The van der Waals surface area contributed by atoms with Crippen LogP contribution in [0.4, 0.5) is 5.69 Å². The van der Waals surface area contributed by atoms with Gasteiger partial charge in [-0.05, 0) is 49.2 Å². The lowest BCUT2D eigenvalue weighted by Gasteiger charge is -2.21. The molecule has 0 bridgehead atoms. The summed E-state index contributed by atoms with van der Waals surface area (Å²) in [6.07, 6.45) is 0. The average molecular weight is 381 g/mol. The number of rotatable bonds is 7. The zero-order valence-corrected chi connectivity index (χ0v) is 16.3. The Hall–Kier alpha value is -2.63. The maximum atomic E-state index is 12.6. The van der Waals surface area contributed by atoms with Crippen LogP contribution in [0.3, 0.4) is 0 Å². The third-order valence-corrected chi connectivity index (χ3v) is 5.81. The molecular formula is C22H24N2O2S. The summed E-state index contributed by atoms with van der Waals surface area (Å²) in [7, 11) is -3.57. The van der Waals surface area contributed by atoms with Crippen molar-refractivity contribution in [2.75, 3.05) is 11.9 Å². The molecule has 0 aliphatic rings. The van der Waals surface area contributed by atoms with Crippen molar-refractivity contribution in [3.8, 4) is 0 Å². The summed E-state index contributed by atoms with van der Waals surface area (Å²) in [5, 5.41) is 3.44. The molecule has 140 valence electrons. The van der Waals surface area contributed by atoms with Gasteiger partial charge in [-0.3, -0.25) is 0 Å². The molecule has 4 nitrogen and oxygen atoms in total. The van der Waals surface area contributed by atoms with E-state index in [2.05, 4.69) is 10.0 Å². The smallest absolute Gasteiger partial charge is 0.240 e. The molecule has 0 saturated heterocycles. The molecular weight excluding hydrogens is 356 g/mol. The topological polar surface area (TPSA) is 58.2 Å². The van der Waals surface area contributed by atoms with Crippen LogP contribution in [0.2, 0.25) is 0 Å². The highest BCUT2D eigenvalue weighted by molar-refractivity contribution is 7.89. The number of hydrogen-bond acceptors (Lipinski definition) is 3. The van der Waals surface area contributed by atoms with Crippen molar-refractivity contribution in [2.24, 2.45) is 0 Å². The maximum absolute atomic E-state index is 12.6. The lowest BCUT2D eigenvalue weighted by molar-refractivity contribution is 0.576. The van der Waals surface area contributed by atoms with Gasteiger partial charge in [0.2, 0.25) is 10.0 Å². The van der Waals surface area contributed by atoms with Gasteiger partial charge in [-0.15, -0.1) is 0 Å². The first-order chi connectivity index (χ1) is 12.9. The van der Waals surface area contributed by atoms with E-state index in [1.54, 1.807) is 24.3 Å². The van der Waals surface area contributed by atoms with Gasteiger partial charge < -0.3 is 5.32 Å². The van der Waals surface area contributed by atoms with Gasteiger partial charge in [-0.2, -0.15) is 0 Å². The molecule has 3 aromatic rings. The van der Waals surface area contributed by atoms with E-state index in [9.17, 15) is 8.42 Å². The van der Waals surface area contributed by atoms with Crippen molar-refractivity contribution >= 4 is 15.7 Å². The number of nitrogens with one attached hydrogen (secondary N) is 2. The van der Waals surface area contributed by atoms with Crippen LogP contribution in [0.25, 0.3) is 0 Å². The monoisotopic (exact) mass is 380 g/mol. The second-order valence-corrected chi connectivity index (χ2v) is 8.41. The molecule has 0 aliphatic carbocycles. The van der Waals surface area contributed by atoms with Gasteiger partial charge in [0.15, 0.2) is 0 Å². The van der Waals surface area contributed by atoms with E-state index in [0.29, 0.717) is 0 Å². The van der Waals surface area contributed by atoms with Crippen LogP contribution < -0.4 is 10.0 Å². The molecule has 2 N–H and O–H groups in total. The highest BCUT2D eigenvalue weighted by Crippen LogP contribution is 2.21. The first-order valence-electron chi connectivity index (χ1n) is 8.88. The second kappa shape index (κ2) is 8.37. The van der Waals surface area contributed by atoms with Crippen molar-refractivity contribution < 1.29 is 8.42 Å². The first kappa shape index (κ1) is 19.1. The molecule has 0 heterocycles.